The van der Waals surface area contributed by atoms with Crippen LogP contribution in [0.3, 0.4) is 0 Å². The van der Waals surface area contributed by atoms with Crippen LogP contribution in [-0.4, -0.2) is 41.7 Å². The quantitative estimate of drug-likeness (QED) is 0.860. The summed E-state index contributed by atoms with van der Waals surface area (Å²) in [6.45, 7) is 1.70. The zero-order valence-corrected chi connectivity index (χ0v) is 14.8. The van der Waals surface area contributed by atoms with Crippen LogP contribution in [0.4, 0.5) is 4.79 Å². The summed E-state index contributed by atoms with van der Waals surface area (Å²) >= 11 is 6.22. The van der Waals surface area contributed by atoms with Crippen LogP contribution in [0, 0.1) is 0 Å². The number of ether oxygens (including phenoxy) is 1. The molecule has 0 aliphatic carbocycles. The minimum Gasteiger partial charge on any atom is -0.478 e. The first-order chi connectivity index (χ1) is 12.5. The monoisotopic (exact) mass is 374 g/mol. The maximum atomic E-state index is 12.4. The molecule has 6 nitrogen and oxygen atoms in total. The summed E-state index contributed by atoms with van der Waals surface area (Å²) in [7, 11) is 0. The van der Waals surface area contributed by atoms with Crippen molar-refractivity contribution in [3.63, 3.8) is 0 Å². The maximum Gasteiger partial charge on any atom is 0.335 e. The van der Waals surface area contributed by atoms with Crippen LogP contribution >= 0.6 is 11.6 Å². The smallest absolute Gasteiger partial charge is 0.335 e. The van der Waals surface area contributed by atoms with Gasteiger partial charge in [0.15, 0.2) is 0 Å². The van der Waals surface area contributed by atoms with Gasteiger partial charge in [-0.1, -0.05) is 41.9 Å². The Morgan fingerprint density at radius 3 is 2.62 bits per heavy atom. The molecule has 1 aliphatic rings. The molecule has 1 saturated heterocycles. The fourth-order valence-electron chi connectivity index (χ4n) is 2.81. The topological polar surface area (TPSA) is 78.9 Å². The Kier molecular flexibility index (Phi) is 5.75. The van der Waals surface area contributed by atoms with Crippen LogP contribution in [-0.2, 0) is 11.3 Å². The Labute approximate surface area is 156 Å². The minimum atomic E-state index is -0.973. The largest absolute Gasteiger partial charge is 0.478 e. The van der Waals surface area contributed by atoms with Gasteiger partial charge in [0.25, 0.3) is 0 Å². The number of carboxylic acid groups (broad SMARTS) is 1. The Bertz CT molecular complexity index is 794. The Morgan fingerprint density at radius 2 is 1.92 bits per heavy atom. The molecule has 1 fully saturated rings. The average molecular weight is 375 g/mol. The van der Waals surface area contributed by atoms with Crippen molar-refractivity contribution < 1.29 is 19.4 Å². The second-order valence-corrected chi connectivity index (χ2v) is 6.39. The number of carboxylic acids is 1. The fourth-order valence-corrected chi connectivity index (χ4v) is 3.07. The lowest BCUT2D eigenvalue weighted by molar-refractivity contribution is -0.0154. The molecule has 2 aromatic carbocycles. The highest BCUT2D eigenvalue weighted by molar-refractivity contribution is 6.31. The van der Waals surface area contributed by atoms with Crippen molar-refractivity contribution >= 4 is 23.6 Å². The molecule has 1 aliphatic heterocycles. The number of hydrogen-bond acceptors (Lipinski definition) is 3. The SMILES string of the molecule is O=C(O)c1ccc(CNC(=O)N2CCOC(c3ccccc3Cl)C2)cc1. The second kappa shape index (κ2) is 8.21. The number of carbonyl (C=O) groups excluding carboxylic acids is 1. The number of urea groups is 1. The number of rotatable bonds is 4. The molecule has 2 aromatic rings. The number of nitrogens with zero attached hydrogens (tertiary/aromatic N) is 1. The highest BCUT2D eigenvalue weighted by Crippen LogP contribution is 2.28. The van der Waals surface area contributed by atoms with Crippen molar-refractivity contribution in [1.29, 1.82) is 0 Å². The number of hydrogen-bond donors (Lipinski definition) is 2. The number of benzene rings is 2. The molecule has 1 heterocycles. The standard InChI is InChI=1S/C19H19ClN2O4/c20-16-4-2-1-3-15(16)17-12-22(9-10-26-17)19(25)21-11-13-5-7-14(8-6-13)18(23)24/h1-8,17H,9-12H2,(H,21,25)(H,23,24). The van der Waals surface area contributed by atoms with Crippen LogP contribution in [0.2, 0.25) is 5.02 Å². The summed E-state index contributed by atoms with van der Waals surface area (Å²) in [6, 6.07) is 13.7. The van der Waals surface area contributed by atoms with Crippen LogP contribution in [0.25, 0.3) is 0 Å². The number of aromatic carboxylic acids is 1. The molecule has 0 radical (unpaired) electrons. The summed E-state index contributed by atoms with van der Waals surface area (Å²) < 4.78 is 5.76. The first kappa shape index (κ1) is 18.2. The molecular weight excluding hydrogens is 356 g/mol. The Morgan fingerprint density at radius 1 is 1.19 bits per heavy atom. The van der Waals surface area contributed by atoms with Crippen molar-refractivity contribution in [1.82, 2.24) is 10.2 Å². The molecular formula is C19H19ClN2O4. The third-order valence-electron chi connectivity index (χ3n) is 4.25. The van der Waals surface area contributed by atoms with Gasteiger partial charge < -0.3 is 20.1 Å². The molecule has 1 atom stereocenters. The van der Waals surface area contributed by atoms with Gasteiger partial charge in [0.05, 0.1) is 18.7 Å². The Balaban J connectivity index is 1.57. The molecule has 26 heavy (non-hydrogen) atoms. The van der Waals surface area contributed by atoms with Crippen molar-refractivity contribution in [3.05, 3.63) is 70.2 Å². The van der Waals surface area contributed by atoms with Gasteiger partial charge in [0.1, 0.15) is 6.10 Å². The van der Waals surface area contributed by atoms with Gasteiger partial charge >= 0.3 is 12.0 Å². The summed E-state index contributed by atoms with van der Waals surface area (Å²) in [4.78, 5) is 25.0. The van der Waals surface area contributed by atoms with E-state index in [1.54, 1.807) is 23.1 Å². The van der Waals surface area contributed by atoms with Crippen molar-refractivity contribution in [2.24, 2.45) is 0 Å². The molecule has 0 saturated carbocycles. The lowest BCUT2D eigenvalue weighted by atomic mass is 10.1. The molecule has 3 rings (SSSR count). The molecule has 2 amide bonds. The van der Waals surface area contributed by atoms with Gasteiger partial charge in [0, 0.05) is 23.7 Å². The highest BCUT2D eigenvalue weighted by atomic mass is 35.5. The van der Waals surface area contributed by atoms with Crippen LogP contribution < -0.4 is 5.32 Å². The fraction of sp³-hybridized carbons (Fsp3) is 0.263. The minimum absolute atomic E-state index is 0.187. The van der Waals surface area contributed by atoms with Gasteiger partial charge in [-0.2, -0.15) is 0 Å². The summed E-state index contributed by atoms with van der Waals surface area (Å²) in [5.41, 5.74) is 1.92. The summed E-state index contributed by atoms with van der Waals surface area (Å²) in [6.07, 6.45) is -0.252. The lowest BCUT2D eigenvalue weighted by Gasteiger charge is -2.33. The molecule has 1 unspecified atom stereocenters. The second-order valence-electron chi connectivity index (χ2n) is 5.99. The lowest BCUT2D eigenvalue weighted by Crippen LogP contribution is -2.47. The van der Waals surface area contributed by atoms with Crippen LogP contribution in [0.5, 0.6) is 0 Å². The number of carbonyl (C=O) groups is 2. The van der Waals surface area contributed by atoms with Gasteiger partial charge in [0.2, 0.25) is 0 Å². The maximum absolute atomic E-state index is 12.4. The van der Waals surface area contributed by atoms with Crippen molar-refractivity contribution in [2.75, 3.05) is 19.7 Å². The van der Waals surface area contributed by atoms with E-state index in [4.69, 9.17) is 21.4 Å². The number of nitrogens with one attached hydrogen (secondary N) is 1. The van der Waals surface area contributed by atoms with Gasteiger partial charge in [-0.15, -0.1) is 0 Å². The molecule has 0 aromatic heterocycles. The number of amides is 2. The third kappa shape index (κ3) is 4.33. The highest BCUT2D eigenvalue weighted by Gasteiger charge is 2.26. The molecule has 136 valence electrons. The summed E-state index contributed by atoms with van der Waals surface area (Å²) in [5, 5.41) is 12.4. The van der Waals surface area contributed by atoms with E-state index in [0.29, 0.717) is 31.3 Å². The Hall–Kier alpha value is -2.57. The average Bonchev–Trinajstić information content (AvgIpc) is 2.67. The number of halogens is 1. The zero-order valence-electron chi connectivity index (χ0n) is 14.0. The van der Waals surface area contributed by atoms with Gasteiger partial charge in [-0.25, -0.2) is 9.59 Å². The van der Waals surface area contributed by atoms with E-state index in [1.165, 1.54) is 12.1 Å². The normalized spacial score (nSPS) is 17.0. The van der Waals surface area contributed by atoms with Crippen molar-refractivity contribution in [3.8, 4) is 0 Å². The van der Waals surface area contributed by atoms with E-state index in [1.807, 2.05) is 18.2 Å². The number of morpholine rings is 1. The van der Waals surface area contributed by atoms with Crippen LogP contribution in [0.1, 0.15) is 27.6 Å². The zero-order chi connectivity index (χ0) is 18.5. The molecule has 2 N–H and O–H groups in total. The van der Waals surface area contributed by atoms with E-state index < -0.39 is 5.97 Å². The first-order valence-corrected chi connectivity index (χ1v) is 8.63. The van der Waals surface area contributed by atoms with E-state index in [-0.39, 0.29) is 17.7 Å². The molecule has 0 spiro atoms. The van der Waals surface area contributed by atoms with Crippen molar-refractivity contribution in [2.45, 2.75) is 12.6 Å². The first-order valence-electron chi connectivity index (χ1n) is 8.25. The summed E-state index contributed by atoms with van der Waals surface area (Å²) in [5.74, 6) is -0.973. The van der Waals surface area contributed by atoms with Gasteiger partial charge in [-0.05, 0) is 23.8 Å². The predicted octanol–water partition coefficient (Wildman–Crippen LogP) is 3.32. The predicted molar refractivity (Wildman–Crippen MR) is 97.4 cm³/mol. The van der Waals surface area contributed by atoms with E-state index >= 15 is 0 Å². The van der Waals surface area contributed by atoms with E-state index in [2.05, 4.69) is 5.32 Å². The van der Waals surface area contributed by atoms with E-state index in [0.717, 1.165) is 11.1 Å². The van der Waals surface area contributed by atoms with Crippen LogP contribution in [0.15, 0.2) is 48.5 Å². The molecule has 7 heteroatoms. The van der Waals surface area contributed by atoms with E-state index in [9.17, 15) is 9.59 Å². The van der Waals surface area contributed by atoms with Gasteiger partial charge in [-0.3, -0.25) is 0 Å². The third-order valence-corrected chi connectivity index (χ3v) is 4.59. The molecule has 0 bridgehead atoms.